The van der Waals surface area contributed by atoms with Gasteiger partial charge in [0.25, 0.3) is 5.91 Å². The first kappa shape index (κ1) is 23.8. The second-order valence-electron chi connectivity index (χ2n) is 7.76. The van der Waals surface area contributed by atoms with Gasteiger partial charge in [0.05, 0.1) is 12.2 Å². The van der Waals surface area contributed by atoms with E-state index >= 15 is 0 Å². The van der Waals surface area contributed by atoms with Crippen LogP contribution in [-0.2, 0) is 16.1 Å². The quantitative estimate of drug-likeness (QED) is 0.305. The van der Waals surface area contributed by atoms with E-state index < -0.39 is 5.91 Å². The lowest BCUT2D eigenvalue weighted by Gasteiger charge is -2.23. The van der Waals surface area contributed by atoms with Crippen LogP contribution in [0.4, 0.5) is 0 Å². The Morgan fingerprint density at radius 3 is 2.63 bits per heavy atom. The van der Waals surface area contributed by atoms with E-state index in [-0.39, 0.29) is 11.4 Å². The second-order valence-corrected chi connectivity index (χ2v) is 7.76. The number of amides is 1. The third-order valence-corrected chi connectivity index (χ3v) is 5.19. The largest absolute Gasteiger partial charge is 0.490 e. The van der Waals surface area contributed by atoms with E-state index in [1.165, 1.54) is 5.06 Å². The van der Waals surface area contributed by atoms with Gasteiger partial charge in [-0.1, -0.05) is 30.3 Å². The summed E-state index contributed by atoms with van der Waals surface area (Å²) in [6, 6.07) is 13.2. The Labute approximate surface area is 204 Å². The fourth-order valence-corrected chi connectivity index (χ4v) is 3.64. The molecule has 180 valence electrons. The van der Waals surface area contributed by atoms with Crippen molar-refractivity contribution in [2.75, 3.05) is 19.8 Å². The van der Waals surface area contributed by atoms with Gasteiger partial charge in [-0.2, -0.15) is 4.99 Å². The number of hydrogen-bond acceptors (Lipinski definition) is 6. The van der Waals surface area contributed by atoms with E-state index in [1.807, 2.05) is 37.3 Å². The van der Waals surface area contributed by atoms with Gasteiger partial charge in [-0.05, 0) is 55.7 Å². The van der Waals surface area contributed by atoms with Gasteiger partial charge in [-0.25, -0.2) is 0 Å². The van der Waals surface area contributed by atoms with Crippen LogP contribution in [0, 0.1) is 5.41 Å². The maximum atomic E-state index is 12.5. The minimum atomic E-state index is -0.497. The molecule has 0 saturated carbocycles. The summed E-state index contributed by atoms with van der Waals surface area (Å²) in [4.78, 5) is 22.0. The standard InChI is InChI=1S/C27H27N3O5/c1-4-8-20-9-6-7-10-22(20)33-13-14-34-23-12-11-19(17-24(23)32-5-2)16-21-26(28)30-25(29-27(21)31)15-18(3)35-30/h4,6-7,9-12,15-17,28H,1,5,8,13-14H2,2-3H3/b21-16+,28-26?. The summed E-state index contributed by atoms with van der Waals surface area (Å²) in [6.07, 6.45) is 5.78. The van der Waals surface area contributed by atoms with Gasteiger partial charge in [0, 0.05) is 6.08 Å². The number of hydrogen-bond donors (Lipinski definition) is 1. The van der Waals surface area contributed by atoms with Crippen molar-refractivity contribution in [2.45, 2.75) is 20.3 Å². The second kappa shape index (κ2) is 10.7. The normalized spacial score (nSPS) is 15.8. The number of hydroxylamine groups is 2. The molecule has 0 spiro atoms. The molecule has 35 heavy (non-hydrogen) atoms. The average molecular weight is 474 g/mol. The minimum absolute atomic E-state index is 0.0692. The van der Waals surface area contributed by atoms with Crippen molar-refractivity contribution in [2.24, 2.45) is 4.99 Å². The predicted molar refractivity (Wildman–Crippen MR) is 134 cm³/mol. The lowest BCUT2D eigenvalue weighted by atomic mass is 10.1. The zero-order chi connectivity index (χ0) is 24.8. The Morgan fingerprint density at radius 1 is 1.09 bits per heavy atom. The van der Waals surface area contributed by atoms with Gasteiger partial charge < -0.3 is 19.0 Å². The molecule has 1 N–H and O–H groups in total. The van der Waals surface area contributed by atoms with Crippen molar-refractivity contribution in [3.8, 4) is 17.2 Å². The SMILES string of the molecule is C=CCc1ccccc1OCCOc1ccc(/C=C2\C(=N)N3OC(C)=CC3=NC2=O)cc1OCC. The Morgan fingerprint density at radius 2 is 1.86 bits per heavy atom. The fraction of sp³-hybridized carbons (Fsp3) is 0.222. The van der Waals surface area contributed by atoms with Gasteiger partial charge in [0.15, 0.2) is 23.2 Å². The number of carbonyl (C=O) groups excluding carboxylic acids is 1. The summed E-state index contributed by atoms with van der Waals surface area (Å²) in [5.41, 5.74) is 1.87. The summed E-state index contributed by atoms with van der Waals surface area (Å²) in [5, 5.41) is 9.60. The van der Waals surface area contributed by atoms with Gasteiger partial charge in [-0.3, -0.25) is 10.2 Å². The van der Waals surface area contributed by atoms with Crippen LogP contribution in [0.2, 0.25) is 0 Å². The highest BCUT2D eigenvalue weighted by atomic mass is 16.7. The van der Waals surface area contributed by atoms with Crippen LogP contribution in [-0.4, -0.2) is 42.5 Å². The summed E-state index contributed by atoms with van der Waals surface area (Å²) >= 11 is 0. The molecule has 0 unspecified atom stereocenters. The number of carbonyl (C=O) groups is 1. The van der Waals surface area contributed by atoms with Crippen LogP contribution < -0.4 is 14.2 Å². The first-order valence-electron chi connectivity index (χ1n) is 11.3. The fourth-order valence-electron chi connectivity index (χ4n) is 3.64. The molecular weight excluding hydrogens is 446 g/mol. The van der Waals surface area contributed by atoms with Gasteiger partial charge in [-0.15, -0.1) is 11.6 Å². The van der Waals surface area contributed by atoms with Crippen molar-refractivity contribution < 1.29 is 23.8 Å². The molecule has 0 bridgehead atoms. The van der Waals surface area contributed by atoms with Gasteiger partial charge in [0.1, 0.15) is 24.7 Å². The highest BCUT2D eigenvalue weighted by Gasteiger charge is 2.34. The lowest BCUT2D eigenvalue weighted by Crippen LogP contribution is -2.38. The number of aliphatic imine (C=N–C) groups is 1. The van der Waals surface area contributed by atoms with Crippen molar-refractivity contribution in [1.82, 2.24) is 5.06 Å². The molecule has 0 atom stereocenters. The molecule has 2 heterocycles. The maximum Gasteiger partial charge on any atom is 0.282 e. The average Bonchev–Trinajstić information content (AvgIpc) is 3.22. The topological polar surface area (TPSA) is 93.4 Å². The van der Waals surface area contributed by atoms with Gasteiger partial charge in [0.2, 0.25) is 0 Å². The first-order valence-corrected chi connectivity index (χ1v) is 11.3. The molecular formula is C27H27N3O5. The zero-order valence-electron chi connectivity index (χ0n) is 19.7. The number of nitrogens with zero attached hydrogens (tertiary/aromatic N) is 2. The molecule has 0 aromatic heterocycles. The minimum Gasteiger partial charge on any atom is -0.490 e. The Kier molecular flexibility index (Phi) is 7.30. The Hall–Kier alpha value is -4.33. The molecule has 8 heteroatoms. The molecule has 2 aliphatic rings. The summed E-state index contributed by atoms with van der Waals surface area (Å²) in [7, 11) is 0. The maximum absolute atomic E-state index is 12.5. The van der Waals surface area contributed by atoms with E-state index in [1.54, 1.807) is 37.3 Å². The highest BCUT2D eigenvalue weighted by Crippen LogP contribution is 2.31. The van der Waals surface area contributed by atoms with Crippen LogP contribution in [0.1, 0.15) is 25.0 Å². The Bertz CT molecular complexity index is 1250. The highest BCUT2D eigenvalue weighted by molar-refractivity contribution is 6.32. The van der Waals surface area contributed by atoms with Crippen LogP contribution in [0.3, 0.4) is 0 Å². The summed E-state index contributed by atoms with van der Waals surface area (Å²) in [5.74, 6) is 2.20. The number of benzene rings is 2. The number of allylic oxidation sites excluding steroid dienone is 2. The number of para-hydroxylation sites is 1. The molecule has 4 rings (SSSR count). The third-order valence-electron chi connectivity index (χ3n) is 5.19. The monoisotopic (exact) mass is 473 g/mol. The van der Waals surface area contributed by atoms with Crippen LogP contribution in [0.15, 0.2) is 77.5 Å². The van der Waals surface area contributed by atoms with Crippen LogP contribution >= 0.6 is 0 Å². The van der Waals surface area contributed by atoms with Gasteiger partial charge >= 0.3 is 0 Å². The number of amidine groups is 2. The van der Waals surface area contributed by atoms with Crippen molar-refractivity contribution in [3.63, 3.8) is 0 Å². The third kappa shape index (κ3) is 5.43. The smallest absolute Gasteiger partial charge is 0.282 e. The predicted octanol–water partition coefficient (Wildman–Crippen LogP) is 4.72. The van der Waals surface area contributed by atoms with E-state index in [0.717, 1.165) is 17.7 Å². The molecule has 0 radical (unpaired) electrons. The molecule has 0 saturated heterocycles. The molecule has 2 aromatic carbocycles. The van der Waals surface area contributed by atoms with E-state index in [2.05, 4.69) is 11.6 Å². The molecule has 2 aromatic rings. The number of rotatable bonds is 10. The van der Waals surface area contributed by atoms with E-state index in [4.69, 9.17) is 24.5 Å². The molecule has 0 fully saturated rings. The molecule has 1 amide bonds. The lowest BCUT2D eigenvalue weighted by molar-refractivity contribution is -0.114. The van der Waals surface area contributed by atoms with E-state index in [9.17, 15) is 4.79 Å². The van der Waals surface area contributed by atoms with Crippen molar-refractivity contribution >= 4 is 23.7 Å². The summed E-state index contributed by atoms with van der Waals surface area (Å²) < 4.78 is 17.5. The van der Waals surface area contributed by atoms with Crippen molar-refractivity contribution in [3.05, 3.63) is 83.7 Å². The van der Waals surface area contributed by atoms with Crippen molar-refractivity contribution in [1.29, 1.82) is 5.41 Å². The van der Waals surface area contributed by atoms with Crippen LogP contribution in [0.5, 0.6) is 17.2 Å². The molecule has 8 nitrogen and oxygen atoms in total. The molecule has 2 aliphatic heterocycles. The van der Waals surface area contributed by atoms with E-state index in [0.29, 0.717) is 48.5 Å². The zero-order valence-corrected chi connectivity index (χ0v) is 19.7. The number of nitrogens with one attached hydrogen (secondary N) is 1. The number of fused-ring (bicyclic) bond motifs is 1. The molecule has 0 aliphatic carbocycles. The summed E-state index contributed by atoms with van der Waals surface area (Å²) in [6.45, 7) is 8.53. The van der Waals surface area contributed by atoms with Crippen LogP contribution in [0.25, 0.3) is 6.08 Å². The Balaban J connectivity index is 1.44. The number of ether oxygens (including phenoxy) is 3. The first-order chi connectivity index (χ1) is 17.0.